The summed E-state index contributed by atoms with van der Waals surface area (Å²) in [7, 11) is 0. The van der Waals surface area contributed by atoms with Gasteiger partial charge in [-0.1, -0.05) is 70.7 Å². The van der Waals surface area contributed by atoms with Gasteiger partial charge >= 0.3 is 0 Å². The molecule has 1 aliphatic carbocycles. The van der Waals surface area contributed by atoms with E-state index in [0.717, 1.165) is 23.1 Å². The van der Waals surface area contributed by atoms with E-state index in [1.165, 1.54) is 27.8 Å². The quantitative estimate of drug-likeness (QED) is 0.539. The van der Waals surface area contributed by atoms with Gasteiger partial charge in [-0.25, -0.2) is 0 Å². The largest absolute Gasteiger partial charge is 0.295 e. The van der Waals surface area contributed by atoms with Crippen LogP contribution in [0.2, 0.25) is 0 Å². The van der Waals surface area contributed by atoms with Gasteiger partial charge in [0.2, 0.25) is 0 Å². The molecule has 0 spiro atoms. The van der Waals surface area contributed by atoms with Crippen LogP contribution < -0.4 is 0 Å². The lowest BCUT2D eigenvalue weighted by Crippen LogP contribution is -2.23. The molecule has 0 N–H and O–H groups in total. The van der Waals surface area contributed by atoms with Crippen LogP contribution in [-0.4, -0.2) is 5.78 Å². The molecule has 0 aliphatic heterocycles. The van der Waals surface area contributed by atoms with E-state index in [1.54, 1.807) is 6.92 Å². The molecule has 0 saturated heterocycles. The van der Waals surface area contributed by atoms with Crippen molar-refractivity contribution in [2.24, 2.45) is 5.92 Å². The Morgan fingerprint density at radius 1 is 1.07 bits per heavy atom. The van der Waals surface area contributed by atoms with Crippen molar-refractivity contribution in [2.75, 3.05) is 0 Å². The molecule has 3 rings (SSSR count). The zero-order chi connectivity index (χ0) is 19.9. The minimum Gasteiger partial charge on any atom is -0.295 e. The molecule has 0 fully saturated rings. The maximum Gasteiger partial charge on any atom is 0.159 e. The number of hydrogen-bond acceptors (Lipinski definition) is 1. The van der Waals surface area contributed by atoms with Gasteiger partial charge in [-0.15, -0.1) is 0 Å². The summed E-state index contributed by atoms with van der Waals surface area (Å²) < 4.78 is 0. The summed E-state index contributed by atoms with van der Waals surface area (Å²) in [5.74, 6) is 0.588. The lowest BCUT2D eigenvalue weighted by atomic mass is 9.70. The number of allylic oxidation sites excluding steroid dienone is 2. The van der Waals surface area contributed by atoms with Crippen molar-refractivity contribution in [2.45, 2.75) is 53.4 Å². The maximum absolute atomic E-state index is 11.5. The van der Waals surface area contributed by atoms with Gasteiger partial charge in [-0.2, -0.15) is 0 Å². The number of hydrogen-bond donors (Lipinski definition) is 0. The molecule has 2 aromatic rings. The van der Waals surface area contributed by atoms with E-state index in [2.05, 4.69) is 59.4 Å². The molecule has 140 valence electrons. The van der Waals surface area contributed by atoms with Crippen molar-refractivity contribution in [1.82, 2.24) is 0 Å². The van der Waals surface area contributed by atoms with Crippen molar-refractivity contribution < 1.29 is 4.79 Å². The van der Waals surface area contributed by atoms with Gasteiger partial charge in [-0.05, 0) is 76.6 Å². The fourth-order valence-corrected chi connectivity index (χ4v) is 4.03. The Labute approximate surface area is 163 Å². The van der Waals surface area contributed by atoms with Crippen LogP contribution in [0.3, 0.4) is 0 Å². The number of rotatable bonds is 4. The predicted molar refractivity (Wildman–Crippen MR) is 116 cm³/mol. The predicted octanol–water partition coefficient (Wildman–Crippen LogP) is 6.98. The van der Waals surface area contributed by atoms with Gasteiger partial charge in [-0.3, -0.25) is 4.79 Å². The highest BCUT2D eigenvalue weighted by Crippen LogP contribution is 2.43. The Bertz CT molecular complexity index is 937. The van der Waals surface area contributed by atoms with E-state index in [9.17, 15) is 4.79 Å². The molecule has 1 aliphatic rings. The van der Waals surface area contributed by atoms with Gasteiger partial charge in [0.1, 0.15) is 0 Å². The molecule has 0 atom stereocenters. The molecule has 0 unspecified atom stereocenters. The number of fused-ring (bicyclic) bond motifs is 1. The Hall–Kier alpha value is -2.41. The third-order valence-electron chi connectivity index (χ3n) is 5.82. The number of carbonyl (C=O) groups is 1. The first-order valence-electron chi connectivity index (χ1n) is 9.78. The normalized spacial score (nSPS) is 15.3. The van der Waals surface area contributed by atoms with Crippen molar-refractivity contribution in [3.63, 3.8) is 0 Å². The summed E-state index contributed by atoms with van der Waals surface area (Å²) >= 11 is 0. The van der Waals surface area contributed by atoms with Crippen LogP contribution in [0.4, 0.5) is 0 Å². The Kier molecular flexibility index (Phi) is 4.99. The molecule has 0 bridgehead atoms. The SMILES string of the molecule is C=C(c1ccc(C(C)=O)cc1)c1cc2c(cc1C)C(C)(C)CC=C2C(C)C. The van der Waals surface area contributed by atoms with E-state index < -0.39 is 0 Å². The minimum atomic E-state index is 0.0890. The van der Waals surface area contributed by atoms with Gasteiger partial charge < -0.3 is 0 Å². The Morgan fingerprint density at radius 2 is 1.67 bits per heavy atom. The Balaban J connectivity index is 2.10. The molecule has 27 heavy (non-hydrogen) atoms. The molecule has 1 heteroatoms. The third-order valence-corrected chi connectivity index (χ3v) is 5.82. The molecular weight excluding hydrogens is 328 g/mol. The maximum atomic E-state index is 11.5. The lowest BCUT2D eigenvalue weighted by molar-refractivity contribution is 0.101. The number of Topliss-reactive ketones (excluding diaryl/α,β-unsaturated/α-hetero) is 1. The molecule has 0 saturated carbocycles. The fraction of sp³-hybridized carbons (Fsp3) is 0.346. The molecule has 0 aromatic heterocycles. The molecule has 0 amide bonds. The summed E-state index contributed by atoms with van der Waals surface area (Å²) in [6, 6.07) is 12.5. The average molecular weight is 359 g/mol. The zero-order valence-corrected chi connectivity index (χ0v) is 17.4. The number of carbonyl (C=O) groups excluding carboxylic acids is 1. The van der Waals surface area contributed by atoms with Crippen LogP contribution in [0.15, 0.2) is 49.1 Å². The summed E-state index contributed by atoms with van der Waals surface area (Å²) in [6.45, 7) is 17.3. The third kappa shape index (κ3) is 3.56. The molecule has 1 nitrogen and oxygen atoms in total. The topological polar surface area (TPSA) is 17.1 Å². The van der Waals surface area contributed by atoms with Crippen LogP contribution in [-0.2, 0) is 5.41 Å². The number of aryl methyl sites for hydroxylation is 1. The first-order valence-corrected chi connectivity index (χ1v) is 9.78. The monoisotopic (exact) mass is 358 g/mol. The smallest absolute Gasteiger partial charge is 0.159 e. The standard InChI is InChI=1S/C26H30O/c1-16(2)22-12-13-26(6,7)25-14-17(3)23(15-24(22)25)18(4)20-8-10-21(11-9-20)19(5)27/h8-12,14-16H,4,13H2,1-3,5-7H3. The van der Waals surface area contributed by atoms with E-state index in [4.69, 9.17) is 0 Å². The van der Waals surface area contributed by atoms with Crippen molar-refractivity contribution in [3.8, 4) is 0 Å². The average Bonchev–Trinajstić information content (AvgIpc) is 2.61. The highest BCUT2D eigenvalue weighted by atomic mass is 16.1. The Morgan fingerprint density at radius 3 is 2.22 bits per heavy atom. The highest BCUT2D eigenvalue weighted by molar-refractivity contribution is 5.94. The summed E-state index contributed by atoms with van der Waals surface area (Å²) in [4.78, 5) is 11.5. The van der Waals surface area contributed by atoms with Crippen LogP contribution in [0.1, 0.15) is 79.2 Å². The lowest BCUT2D eigenvalue weighted by Gasteiger charge is -2.34. The van der Waals surface area contributed by atoms with E-state index in [-0.39, 0.29) is 11.2 Å². The van der Waals surface area contributed by atoms with Crippen LogP contribution in [0.25, 0.3) is 11.1 Å². The van der Waals surface area contributed by atoms with Crippen LogP contribution in [0, 0.1) is 12.8 Å². The molecule has 2 aromatic carbocycles. The summed E-state index contributed by atoms with van der Waals surface area (Å²) in [5, 5.41) is 0. The first kappa shape index (κ1) is 19.4. The van der Waals surface area contributed by atoms with E-state index >= 15 is 0 Å². The highest BCUT2D eigenvalue weighted by Gasteiger charge is 2.30. The molecular formula is C26H30O. The van der Waals surface area contributed by atoms with Gasteiger partial charge in [0, 0.05) is 5.56 Å². The van der Waals surface area contributed by atoms with Crippen molar-refractivity contribution >= 4 is 16.9 Å². The molecule has 0 heterocycles. The van der Waals surface area contributed by atoms with E-state index in [1.807, 2.05) is 24.3 Å². The second-order valence-corrected chi connectivity index (χ2v) is 8.73. The van der Waals surface area contributed by atoms with Gasteiger partial charge in [0.05, 0.1) is 0 Å². The second-order valence-electron chi connectivity index (χ2n) is 8.73. The van der Waals surface area contributed by atoms with E-state index in [0.29, 0.717) is 5.92 Å². The molecule has 0 radical (unpaired) electrons. The van der Waals surface area contributed by atoms with Crippen molar-refractivity contribution in [3.05, 3.63) is 82.4 Å². The second kappa shape index (κ2) is 6.96. The zero-order valence-electron chi connectivity index (χ0n) is 17.4. The fourth-order valence-electron chi connectivity index (χ4n) is 4.03. The first-order chi connectivity index (χ1) is 12.6. The van der Waals surface area contributed by atoms with Crippen molar-refractivity contribution in [1.29, 1.82) is 0 Å². The number of ketones is 1. The van der Waals surface area contributed by atoms with Crippen LogP contribution in [0.5, 0.6) is 0 Å². The number of benzene rings is 2. The summed E-state index contributed by atoms with van der Waals surface area (Å²) in [5.41, 5.74) is 9.65. The van der Waals surface area contributed by atoms with Gasteiger partial charge in [0.25, 0.3) is 0 Å². The van der Waals surface area contributed by atoms with Gasteiger partial charge in [0.15, 0.2) is 5.78 Å². The van der Waals surface area contributed by atoms with Crippen LogP contribution >= 0.6 is 0 Å². The summed E-state index contributed by atoms with van der Waals surface area (Å²) in [6.07, 6.45) is 3.50. The minimum absolute atomic E-state index is 0.0890.